The van der Waals surface area contributed by atoms with Gasteiger partial charge >= 0.3 is 0 Å². The quantitative estimate of drug-likeness (QED) is 0.775. The van der Waals surface area contributed by atoms with E-state index in [1.807, 2.05) is 18.7 Å². The zero-order valence-electron chi connectivity index (χ0n) is 18.8. The summed E-state index contributed by atoms with van der Waals surface area (Å²) in [4.78, 5) is 41.2. The summed E-state index contributed by atoms with van der Waals surface area (Å²) in [5.41, 5.74) is 2.46. The van der Waals surface area contributed by atoms with Gasteiger partial charge in [-0.25, -0.2) is 9.49 Å². The van der Waals surface area contributed by atoms with Gasteiger partial charge in [-0.1, -0.05) is 13.0 Å². The predicted molar refractivity (Wildman–Crippen MR) is 118 cm³/mol. The molecule has 0 bridgehead atoms. The third-order valence-electron chi connectivity index (χ3n) is 6.93. The van der Waals surface area contributed by atoms with Crippen LogP contribution in [0.5, 0.6) is 0 Å². The number of aromatic nitrogens is 2. The van der Waals surface area contributed by atoms with E-state index in [0.717, 1.165) is 31.2 Å². The minimum Gasteiger partial charge on any atom is -0.333 e. The second kappa shape index (κ2) is 8.84. The molecule has 1 aliphatic carbocycles. The molecule has 2 aliphatic rings. The van der Waals surface area contributed by atoms with Crippen LogP contribution in [0.3, 0.4) is 0 Å². The summed E-state index contributed by atoms with van der Waals surface area (Å²) in [6.07, 6.45) is 4.28. The van der Waals surface area contributed by atoms with Crippen LogP contribution in [-0.2, 0) is 11.2 Å². The fourth-order valence-corrected chi connectivity index (χ4v) is 4.56. The van der Waals surface area contributed by atoms with E-state index in [-0.39, 0.29) is 35.7 Å². The Morgan fingerprint density at radius 3 is 2.62 bits per heavy atom. The maximum absolute atomic E-state index is 14.6. The first-order valence-corrected chi connectivity index (χ1v) is 11.2. The van der Waals surface area contributed by atoms with Crippen molar-refractivity contribution in [3.63, 3.8) is 0 Å². The molecule has 2 heterocycles. The Morgan fingerprint density at radius 1 is 1.22 bits per heavy atom. The highest BCUT2D eigenvalue weighted by atomic mass is 19.1. The van der Waals surface area contributed by atoms with Gasteiger partial charge in [-0.05, 0) is 62.8 Å². The van der Waals surface area contributed by atoms with E-state index < -0.39 is 11.7 Å². The highest BCUT2D eigenvalue weighted by Crippen LogP contribution is 2.30. The summed E-state index contributed by atoms with van der Waals surface area (Å²) < 4.78 is 14.6. The number of hydrogen-bond donors (Lipinski definition) is 1. The minimum atomic E-state index is -0.608. The summed E-state index contributed by atoms with van der Waals surface area (Å²) in [6.45, 7) is 5.96. The third-order valence-corrected chi connectivity index (χ3v) is 6.93. The number of amides is 2. The van der Waals surface area contributed by atoms with Gasteiger partial charge in [0.25, 0.3) is 11.5 Å². The maximum atomic E-state index is 14.6. The van der Waals surface area contributed by atoms with E-state index >= 15 is 0 Å². The van der Waals surface area contributed by atoms with Crippen LogP contribution in [-0.4, -0.2) is 57.0 Å². The lowest BCUT2D eigenvalue weighted by molar-refractivity contribution is -0.144. The van der Waals surface area contributed by atoms with E-state index in [1.165, 1.54) is 17.0 Å². The monoisotopic (exact) mass is 440 g/mol. The van der Waals surface area contributed by atoms with Crippen molar-refractivity contribution in [2.24, 2.45) is 0 Å². The molecule has 1 N–H and O–H groups in total. The van der Waals surface area contributed by atoms with Gasteiger partial charge < -0.3 is 9.80 Å². The molecule has 1 atom stereocenters. The smallest absolute Gasteiger partial charge is 0.267 e. The van der Waals surface area contributed by atoms with Crippen LogP contribution >= 0.6 is 0 Å². The number of aromatic amines is 1. The average Bonchev–Trinajstić information content (AvgIpc) is 2.74. The van der Waals surface area contributed by atoms with Crippen LogP contribution in [0, 0.1) is 19.7 Å². The Morgan fingerprint density at radius 2 is 1.97 bits per heavy atom. The molecule has 1 aromatic heterocycles. The molecule has 4 rings (SSSR count). The van der Waals surface area contributed by atoms with Crippen LogP contribution in [0.4, 0.5) is 4.39 Å². The van der Waals surface area contributed by atoms with E-state index in [4.69, 9.17) is 0 Å². The fourth-order valence-electron chi connectivity index (χ4n) is 4.56. The molecule has 2 fully saturated rings. The number of piperazine rings is 1. The van der Waals surface area contributed by atoms with Gasteiger partial charge in [-0.2, -0.15) is 5.10 Å². The van der Waals surface area contributed by atoms with Crippen LogP contribution in [0.2, 0.25) is 0 Å². The second-order valence-corrected chi connectivity index (χ2v) is 8.87. The minimum absolute atomic E-state index is 0.0186. The van der Waals surface area contributed by atoms with Crippen molar-refractivity contribution in [3.05, 3.63) is 62.3 Å². The Balaban J connectivity index is 1.56. The van der Waals surface area contributed by atoms with Crippen molar-refractivity contribution in [3.8, 4) is 0 Å². The van der Waals surface area contributed by atoms with Crippen molar-refractivity contribution in [2.75, 3.05) is 13.1 Å². The van der Waals surface area contributed by atoms with Gasteiger partial charge in [0.2, 0.25) is 5.91 Å². The first-order valence-electron chi connectivity index (χ1n) is 11.2. The molecule has 2 amide bonds. The molecular formula is C24H29FN4O3. The van der Waals surface area contributed by atoms with E-state index in [0.29, 0.717) is 29.8 Å². The van der Waals surface area contributed by atoms with Gasteiger partial charge in [0.1, 0.15) is 12.4 Å². The third kappa shape index (κ3) is 4.06. The molecule has 2 aromatic rings. The second-order valence-electron chi connectivity index (χ2n) is 8.87. The zero-order chi connectivity index (χ0) is 23.0. The number of hydrogen-bond acceptors (Lipinski definition) is 4. The molecule has 0 spiro atoms. The zero-order valence-corrected chi connectivity index (χ0v) is 18.8. The van der Waals surface area contributed by atoms with Gasteiger partial charge in [0.05, 0.1) is 11.3 Å². The van der Waals surface area contributed by atoms with Crippen LogP contribution in [0.25, 0.3) is 0 Å². The topological polar surface area (TPSA) is 86.4 Å². The predicted octanol–water partition coefficient (Wildman–Crippen LogP) is 2.73. The van der Waals surface area contributed by atoms with Gasteiger partial charge in [-0.3, -0.25) is 14.4 Å². The Hall–Kier alpha value is -3.03. The number of carbonyl (C=O) groups excluding carboxylic acids is 2. The summed E-state index contributed by atoms with van der Waals surface area (Å²) in [5, 5.41) is 6.58. The lowest BCUT2D eigenvalue weighted by atomic mass is 9.89. The van der Waals surface area contributed by atoms with Crippen molar-refractivity contribution in [1.29, 1.82) is 0 Å². The molecule has 1 saturated carbocycles. The lowest BCUT2D eigenvalue weighted by Crippen LogP contribution is -2.61. The van der Waals surface area contributed by atoms with Crippen molar-refractivity contribution in [1.82, 2.24) is 20.0 Å². The first kappa shape index (κ1) is 22.2. The van der Waals surface area contributed by atoms with E-state index in [1.54, 1.807) is 13.0 Å². The standard InChI is InChI=1S/C24H29FN4O3/c1-4-17-12-28(13-22(30)29(17)18-6-5-7-18)24(32)19-10-16(8-9-20(19)25)11-21-14(2)15(3)23(31)27-26-21/h8-10,17-18H,4-7,11-13H2,1-3H3,(H,27,31). The molecule has 1 aliphatic heterocycles. The van der Waals surface area contributed by atoms with Crippen LogP contribution < -0.4 is 5.56 Å². The largest absolute Gasteiger partial charge is 0.333 e. The number of nitrogens with zero attached hydrogens (tertiary/aromatic N) is 3. The van der Waals surface area contributed by atoms with Crippen molar-refractivity contribution in [2.45, 2.75) is 65.0 Å². The summed E-state index contributed by atoms with van der Waals surface area (Å²) in [7, 11) is 0. The van der Waals surface area contributed by atoms with E-state index in [9.17, 15) is 18.8 Å². The summed E-state index contributed by atoms with van der Waals surface area (Å²) in [6, 6.07) is 4.67. The molecule has 8 heteroatoms. The number of carbonyl (C=O) groups is 2. The molecule has 1 aromatic carbocycles. The SMILES string of the molecule is CCC1CN(C(=O)c2cc(Cc3n[nH]c(=O)c(C)c3C)ccc2F)CC(=O)N1C1CCC1. The molecule has 170 valence electrons. The molecule has 7 nitrogen and oxygen atoms in total. The number of nitrogens with one attached hydrogen (secondary N) is 1. The number of rotatable bonds is 5. The van der Waals surface area contributed by atoms with Gasteiger partial charge in [0, 0.05) is 30.6 Å². The normalized spacial score (nSPS) is 19.2. The van der Waals surface area contributed by atoms with Crippen LogP contribution in [0.15, 0.2) is 23.0 Å². The molecule has 1 saturated heterocycles. The molecule has 1 unspecified atom stereocenters. The van der Waals surface area contributed by atoms with Gasteiger partial charge in [0.15, 0.2) is 0 Å². The highest BCUT2D eigenvalue weighted by molar-refractivity contribution is 5.97. The van der Waals surface area contributed by atoms with E-state index in [2.05, 4.69) is 10.2 Å². The Bertz CT molecular complexity index is 1110. The fraction of sp³-hybridized carbons (Fsp3) is 0.500. The Kier molecular flexibility index (Phi) is 6.13. The summed E-state index contributed by atoms with van der Waals surface area (Å²) in [5.74, 6) is -1.13. The molecule has 32 heavy (non-hydrogen) atoms. The van der Waals surface area contributed by atoms with Gasteiger partial charge in [-0.15, -0.1) is 0 Å². The first-order chi connectivity index (χ1) is 15.3. The van der Waals surface area contributed by atoms with Crippen molar-refractivity contribution < 1.29 is 14.0 Å². The number of H-pyrrole nitrogens is 1. The summed E-state index contributed by atoms with van der Waals surface area (Å²) >= 11 is 0. The molecule has 0 radical (unpaired) electrons. The number of benzene rings is 1. The average molecular weight is 441 g/mol. The van der Waals surface area contributed by atoms with Crippen LogP contribution in [0.1, 0.15) is 65.3 Å². The van der Waals surface area contributed by atoms with Crippen molar-refractivity contribution >= 4 is 11.8 Å². The Labute approximate surface area is 186 Å². The highest BCUT2D eigenvalue weighted by Gasteiger charge is 2.40. The lowest BCUT2D eigenvalue weighted by Gasteiger charge is -2.47. The maximum Gasteiger partial charge on any atom is 0.267 e. The number of halogens is 1. The molecular weight excluding hydrogens is 411 g/mol.